The highest BCUT2D eigenvalue weighted by Gasteiger charge is 2.30. The van der Waals surface area contributed by atoms with Gasteiger partial charge in [0.25, 0.3) is 0 Å². The predicted molar refractivity (Wildman–Crippen MR) is 96.2 cm³/mol. The fraction of sp³-hybridized carbons (Fsp3) is 0.211. The quantitative estimate of drug-likeness (QED) is 0.449. The van der Waals surface area contributed by atoms with E-state index in [0.29, 0.717) is 18.2 Å². The second-order valence-corrected chi connectivity index (χ2v) is 6.48. The summed E-state index contributed by atoms with van der Waals surface area (Å²) < 4.78 is 38.8. The number of benzene rings is 2. The molecule has 0 amide bonds. The summed E-state index contributed by atoms with van der Waals surface area (Å²) in [7, 11) is 0. The highest BCUT2D eigenvalue weighted by molar-refractivity contribution is 7.21. The maximum atomic E-state index is 12.7. The number of fused-ring (bicyclic) bond motifs is 1. The third kappa shape index (κ3) is 4.76. The van der Waals surface area contributed by atoms with Crippen LogP contribution in [0.5, 0.6) is 0 Å². The van der Waals surface area contributed by atoms with Crippen molar-refractivity contribution < 1.29 is 22.8 Å². The van der Waals surface area contributed by atoms with Crippen LogP contribution in [0.2, 0.25) is 0 Å². The third-order valence-corrected chi connectivity index (χ3v) is 4.64. The Balaban J connectivity index is 0.000000352. The Labute approximate surface area is 152 Å². The van der Waals surface area contributed by atoms with E-state index in [0.717, 1.165) is 33.0 Å². The minimum absolute atomic E-state index is 0.323. The third-order valence-electron chi connectivity index (χ3n) is 3.57. The average molecular weight is 379 g/mol. The number of carbonyl (C=O) groups is 2. The molecule has 3 rings (SSSR count). The molecule has 0 bridgehead atoms. The predicted octanol–water partition coefficient (Wildman–Crippen LogP) is 5.45. The average Bonchev–Trinajstić information content (AvgIpc) is 3.04. The number of halogens is 3. The van der Waals surface area contributed by atoms with Gasteiger partial charge in [-0.2, -0.15) is 13.2 Å². The number of rotatable bonds is 3. The summed E-state index contributed by atoms with van der Waals surface area (Å²) in [6.45, 7) is 3.61. The number of hydrogen-bond acceptors (Lipinski definition) is 4. The number of aldehydes is 1. The minimum atomic E-state index is -4.33. The van der Waals surface area contributed by atoms with Crippen LogP contribution in [0.25, 0.3) is 20.8 Å². The van der Waals surface area contributed by atoms with Crippen molar-refractivity contribution in [2.24, 2.45) is 0 Å². The molecule has 0 spiro atoms. The van der Waals surface area contributed by atoms with E-state index in [4.69, 9.17) is 0 Å². The lowest BCUT2D eigenvalue weighted by Crippen LogP contribution is -2.03. The molecule has 2 aromatic carbocycles. The Morgan fingerprint density at radius 2 is 1.88 bits per heavy atom. The molecular formula is C19H16F3NO2S. The van der Waals surface area contributed by atoms with Crippen molar-refractivity contribution in [2.75, 3.05) is 0 Å². The van der Waals surface area contributed by atoms with Crippen LogP contribution in [-0.4, -0.2) is 17.1 Å². The molecule has 0 saturated carbocycles. The summed E-state index contributed by atoms with van der Waals surface area (Å²) in [5.74, 6) is -0.338. The van der Waals surface area contributed by atoms with Gasteiger partial charge in [0, 0.05) is 12.0 Å². The van der Waals surface area contributed by atoms with Gasteiger partial charge in [-0.3, -0.25) is 9.59 Å². The molecular weight excluding hydrogens is 363 g/mol. The van der Waals surface area contributed by atoms with Gasteiger partial charge in [0.05, 0.1) is 15.8 Å². The molecule has 1 heterocycles. The van der Waals surface area contributed by atoms with Crippen LogP contribution in [0.4, 0.5) is 13.2 Å². The van der Waals surface area contributed by atoms with Crippen LogP contribution >= 0.6 is 11.3 Å². The molecule has 7 heteroatoms. The smallest absolute Gasteiger partial charge is 0.295 e. The number of thiazole rings is 1. The molecule has 0 saturated heterocycles. The van der Waals surface area contributed by atoms with E-state index >= 15 is 0 Å². The summed E-state index contributed by atoms with van der Waals surface area (Å²) >= 11 is 1.41. The van der Waals surface area contributed by atoms with Gasteiger partial charge in [0.15, 0.2) is 12.1 Å². The van der Waals surface area contributed by atoms with E-state index in [-0.39, 0.29) is 5.78 Å². The second kappa shape index (κ2) is 8.23. The van der Waals surface area contributed by atoms with Crippen LogP contribution in [0, 0.1) is 6.92 Å². The molecule has 0 fully saturated rings. The Morgan fingerprint density at radius 1 is 1.19 bits per heavy atom. The van der Waals surface area contributed by atoms with Gasteiger partial charge in [0.2, 0.25) is 0 Å². The minimum Gasteiger partial charge on any atom is -0.295 e. The molecule has 1 aromatic heterocycles. The fourth-order valence-corrected chi connectivity index (χ4v) is 3.15. The number of ketones is 1. The first kappa shape index (κ1) is 19.8. The molecule has 0 N–H and O–H groups in total. The number of aromatic nitrogens is 1. The molecule has 3 nitrogen and oxygen atoms in total. The summed E-state index contributed by atoms with van der Waals surface area (Å²) in [5, 5.41) is 0.748. The zero-order valence-electron chi connectivity index (χ0n) is 14.1. The lowest BCUT2D eigenvalue weighted by atomic mass is 10.1. The molecule has 26 heavy (non-hydrogen) atoms. The lowest BCUT2D eigenvalue weighted by Gasteiger charge is -2.04. The van der Waals surface area contributed by atoms with Crippen molar-refractivity contribution in [1.29, 1.82) is 0 Å². The molecule has 0 aliphatic carbocycles. The van der Waals surface area contributed by atoms with E-state index in [1.165, 1.54) is 17.4 Å². The molecule has 0 aliphatic heterocycles. The van der Waals surface area contributed by atoms with E-state index in [2.05, 4.69) is 4.98 Å². The van der Waals surface area contributed by atoms with Crippen molar-refractivity contribution in [3.05, 3.63) is 53.6 Å². The first-order valence-corrected chi connectivity index (χ1v) is 8.59. The molecule has 136 valence electrons. The number of alkyl halides is 3. The van der Waals surface area contributed by atoms with Crippen LogP contribution < -0.4 is 0 Å². The number of carbonyl (C=O) groups excluding carboxylic acids is 2. The topological polar surface area (TPSA) is 47.0 Å². The Hall–Kier alpha value is -2.54. The highest BCUT2D eigenvalue weighted by atomic mass is 32.1. The molecule has 3 aromatic rings. The van der Waals surface area contributed by atoms with Gasteiger partial charge in [-0.15, -0.1) is 11.3 Å². The van der Waals surface area contributed by atoms with Gasteiger partial charge in [-0.1, -0.05) is 31.2 Å². The van der Waals surface area contributed by atoms with Gasteiger partial charge in [0.1, 0.15) is 5.01 Å². The van der Waals surface area contributed by atoms with Crippen molar-refractivity contribution in [3.63, 3.8) is 0 Å². The van der Waals surface area contributed by atoms with Gasteiger partial charge in [-0.25, -0.2) is 4.98 Å². The van der Waals surface area contributed by atoms with Crippen LogP contribution in [0.1, 0.15) is 24.5 Å². The van der Waals surface area contributed by atoms with Crippen LogP contribution in [0.3, 0.4) is 0 Å². The maximum Gasteiger partial charge on any atom is 0.416 e. The monoisotopic (exact) mass is 379 g/mol. The zero-order chi connectivity index (χ0) is 19.3. The van der Waals surface area contributed by atoms with Crippen LogP contribution in [-0.2, 0) is 15.8 Å². The Morgan fingerprint density at radius 3 is 2.42 bits per heavy atom. The number of hydrogen-bond donors (Lipinski definition) is 0. The zero-order valence-corrected chi connectivity index (χ0v) is 14.9. The largest absolute Gasteiger partial charge is 0.416 e. The van der Waals surface area contributed by atoms with E-state index < -0.39 is 11.7 Å². The summed E-state index contributed by atoms with van der Waals surface area (Å²) in [6.07, 6.45) is -3.68. The first-order chi connectivity index (χ1) is 12.3. The molecule has 0 radical (unpaired) electrons. The standard InChI is InChI=1S/C15H10F3NS.C4H6O2/c1-9-4-2-3-5-11(9)14-19-12-8-10(15(16,17)18)6-7-13(12)20-14;1-2-4(6)3-5/h2-8H,1H3;3H,2H2,1H3. The van der Waals surface area contributed by atoms with E-state index in [1.807, 2.05) is 31.2 Å². The number of aryl methyl sites for hydroxylation is 1. The van der Waals surface area contributed by atoms with E-state index in [1.54, 1.807) is 6.92 Å². The van der Waals surface area contributed by atoms with Gasteiger partial charge < -0.3 is 0 Å². The highest BCUT2D eigenvalue weighted by Crippen LogP contribution is 2.36. The first-order valence-electron chi connectivity index (χ1n) is 7.78. The van der Waals surface area contributed by atoms with Crippen molar-refractivity contribution >= 4 is 33.6 Å². The van der Waals surface area contributed by atoms with Gasteiger partial charge >= 0.3 is 6.18 Å². The summed E-state index contributed by atoms with van der Waals surface area (Å²) in [5.41, 5.74) is 1.75. The number of Topliss-reactive ketones (excluding diaryl/α,β-unsaturated/α-hetero) is 1. The lowest BCUT2D eigenvalue weighted by molar-refractivity contribution is -0.137. The Bertz CT molecular complexity index is 932. The summed E-state index contributed by atoms with van der Waals surface area (Å²) in [6, 6.07) is 11.4. The van der Waals surface area contributed by atoms with E-state index in [9.17, 15) is 22.8 Å². The molecule has 0 unspecified atom stereocenters. The summed E-state index contributed by atoms with van der Waals surface area (Å²) in [4.78, 5) is 23.5. The van der Waals surface area contributed by atoms with Crippen LogP contribution in [0.15, 0.2) is 42.5 Å². The molecule has 0 aliphatic rings. The van der Waals surface area contributed by atoms with Gasteiger partial charge in [-0.05, 0) is 30.7 Å². The second-order valence-electron chi connectivity index (χ2n) is 5.45. The fourth-order valence-electron chi connectivity index (χ4n) is 2.12. The van der Waals surface area contributed by atoms with Crippen molar-refractivity contribution in [2.45, 2.75) is 26.4 Å². The number of nitrogens with zero attached hydrogens (tertiary/aromatic N) is 1. The normalized spacial score (nSPS) is 11.0. The van der Waals surface area contributed by atoms with Crippen molar-refractivity contribution in [1.82, 2.24) is 4.98 Å². The Kier molecular flexibility index (Phi) is 6.26. The molecule has 0 atom stereocenters. The maximum absolute atomic E-state index is 12.7. The van der Waals surface area contributed by atoms with Crippen molar-refractivity contribution in [3.8, 4) is 10.6 Å². The SMILES string of the molecule is CCC(=O)C=O.Cc1ccccc1-c1nc2cc(C(F)(F)F)ccc2s1.